The molecule has 2 aromatic rings. The molecule has 0 spiro atoms. The van der Waals surface area contributed by atoms with E-state index in [0.717, 1.165) is 24.3 Å². The van der Waals surface area contributed by atoms with Gasteiger partial charge in [-0.25, -0.2) is 0 Å². The monoisotopic (exact) mass is 240 g/mol. The minimum absolute atomic E-state index is 0.220. The van der Waals surface area contributed by atoms with Crippen LogP contribution < -0.4 is 10.1 Å². The molecule has 3 rings (SSSR count). The molecule has 0 bridgehead atoms. The van der Waals surface area contributed by atoms with Crippen molar-refractivity contribution in [2.45, 2.75) is 12.5 Å². The van der Waals surface area contributed by atoms with Gasteiger partial charge >= 0.3 is 0 Å². The summed E-state index contributed by atoms with van der Waals surface area (Å²) in [6, 6.07) is 10.9. The second kappa shape index (κ2) is 4.78. The van der Waals surface area contributed by atoms with Crippen LogP contribution in [0.15, 0.2) is 42.7 Å². The van der Waals surface area contributed by atoms with Crippen LogP contribution in [-0.2, 0) is 6.42 Å². The third-order valence-electron chi connectivity index (χ3n) is 3.41. The van der Waals surface area contributed by atoms with Gasteiger partial charge in [0.15, 0.2) is 0 Å². The van der Waals surface area contributed by atoms with E-state index in [2.05, 4.69) is 34.6 Å². The third kappa shape index (κ3) is 1.97. The summed E-state index contributed by atoms with van der Waals surface area (Å²) in [4.78, 5) is 4.24. The van der Waals surface area contributed by atoms with E-state index in [1.165, 1.54) is 11.1 Å². The number of nitrogens with one attached hydrogen (secondary N) is 1. The number of methoxy groups -OCH3 is 1. The summed E-state index contributed by atoms with van der Waals surface area (Å²) in [5.41, 5.74) is 3.92. The van der Waals surface area contributed by atoms with E-state index in [-0.39, 0.29) is 6.04 Å². The second-order valence-electron chi connectivity index (χ2n) is 4.49. The highest BCUT2D eigenvalue weighted by molar-refractivity contribution is 5.40. The highest BCUT2D eigenvalue weighted by atomic mass is 16.5. The number of rotatable bonds is 2. The van der Waals surface area contributed by atoms with Gasteiger partial charge < -0.3 is 10.1 Å². The van der Waals surface area contributed by atoms with Crippen molar-refractivity contribution in [3.63, 3.8) is 0 Å². The zero-order chi connectivity index (χ0) is 12.4. The Labute approximate surface area is 107 Å². The minimum Gasteiger partial charge on any atom is -0.495 e. The summed E-state index contributed by atoms with van der Waals surface area (Å²) in [6.45, 7) is 0.999. The fourth-order valence-corrected chi connectivity index (χ4v) is 2.51. The maximum atomic E-state index is 5.24. The Bertz CT molecular complexity index is 554. The van der Waals surface area contributed by atoms with Crippen LogP contribution in [0.25, 0.3) is 0 Å². The van der Waals surface area contributed by atoms with Gasteiger partial charge in [-0.15, -0.1) is 0 Å². The highest BCUT2D eigenvalue weighted by Crippen LogP contribution is 2.29. The Morgan fingerprint density at radius 3 is 3.06 bits per heavy atom. The van der Waals surface area contributed by atoms with Crippen molar-refractivity contribution in [2.24, 2.45) is 0 Å². The summed E-state index contributed by atoms with van der Waals surface area (Å²) < 4.78 is 5.24. The number of hydrogen-bond acceptors (Lipinski definition) is 3. The van der Waals surface area contributed by atoms with Crippen molar-refractivity contribution in [3.05, 3.63) is 59.4 Å². The first-order valence-corrected chi connectivity index (χ1v) is 6.18. The molecule has 0 saturated heterocycles. The van der Waals surface area contributed by atoms with Crippen LogP contribution in [-0.4, -0.2) is 18.6 Å². The summed E-state index contributed by atoms with van der Waals surface area (Å²) in [7, 11) is 1.67. The van der Waals surface area contributed by atoms with Gasteiger partial charge in [-0.3, -0.25) is 4.98 Å². The van der Waals surface area contributed by atoms with Crippen molar-refractivity contribution in [1.82, 2.24) is 10.3 Å². The number of benzene rings is 1. The molecular formula is C15H16N2O. The number of hydrogen-bond donors (Lipinski definition) is 1. The second-order valence-corrected chi connectivity index (χ2v) is 4.49. The number of nitrogens with zero attached hydrogens (tertiary/aromatic N) is 1. The van der Waals surface area contributed by atoms with Crippen LogP contribution in [0.5, 0.6) is 5.75 Å². The van der Waals surface area contributed by atoms with E-state index in [1.54, 1.807) is 13.3 Å². The molecule has 92 valence electrons. The average molecular weight is 240 g/mol. The fourth-order valence-electron chi connectivity index (χ4n) is 2.51. The van der Waals surface area contributed by atoms with E-state index in [0.29, 0.717) is 0 Å². The maximum absolute atomic E-state index is 5.24. The first kappa shape index (κ1) is 11.2. The van der Waals surface area contributed by atoms with E-state index < -0.39 is 0 Å². The molecule has 0 fully saturated rings. The zero-order valence-corrected chi connectivity index (χ0v) is 10.4. The molecule has 0 saturated carbocycles. The highest BCUT2D eigenvalue weighted by Gasteiger charge is 2.21. The van der Waals surface area contributed by atoms with Crippen LogP contribution in [0.4, 0.5) is 0 Å². The maximum Gasteiger partial charge on any atom is 0.137 e. The minimum atomic E-state index is 0.220. The Balaban J connectivity index is 2.02. The lowest BCUT2D eigenvalue weighted by atomic mass is 9.91. The van der Waals surface area contributed by atoms with Crippen LogP contribution in [0.3, 0.4) is 0 Å². The zero-order valence-electron chi connectivity index (χ0n) is 10.4. The topological polar surface area (TPSA) is 34.1 Å². The molecule has 1 atom stereocenters. The lowest BCUT2D eigenvalue weighted by molar-refractivity contribution is 0.411. The van der Waals surface area contributed by atoms with Crippen LogP contribution in [0, 0.1) is 0 Å². The van der Waals surface area contributed by atoms with Gasteiger partial charge in [-0.2, -0.15) is 0 Å². The van der Waals surface area contributed by atoms with E-state index >= 15 is 0 Å². The molecule has 1 aromatic heterocycles. The van der Waals surface area contributed by atoms with Gasteiger partial charge in [-0.05, 0) is 29.2 Å². The van der Waals surface area contributed by atoms with Crippen molar-refractivity contribution in [3.8, 4) is 5.75 Å². The summed E-state index contributed by atoms with van der Waals surface area (Å²) >= 11 is 0. The van der Waals surface area contributed by atoms with Crippen molar-refractivity contribution in [2.75, 3.05) is 13.7 Å². The average Bonchev–Trinajstić information content (AvgIpc) is 2.47. The molecule has 3 nitrogen and oxygen atoms in total. The van der Waals surface area contributed by atoms with Crippen molar-refractivity contribution >= 4 is 0 Å². The molecule has 1 aliphatic rings. The molecule has 1 aliphatic heterocycles. The molecule has 1 aromatic carbocycles. The number of pyridine rings is 1. The third-order valence-corrected chi connectivity index (χ3v) is 3.41. The molecule has 18 heavy (non-hydrogen) atoms. The standard InChI is InChI=1S/C15H16N2O/c1-18-13-8-12(9-16-10-13)15-14-5-3-2-4-11(14)6-7-17-15/h2-5,8-10,15,17H,6-7H2,1H3. The number of fused-ring (bicyclic) bond motifs is 1. The van der Waals surface area contributed by atoms with Crippen LogP contribution in [0.1, 0.15) is 22.7 Å². The Morgan fingerprint density at radius 2 is 2.17 bits per heavy atom. The van der Waals surface area contributed by atoms with Gasteiger partial charge in [0.05, 0.1) is 19.3 Å². The van der Waals surface area contributed by atoms with Crippen molar-refractivity contribution in [1.29, 1.82) is 0 Å². The number of ether oxygens (including phenoxy) is 1. The van der Waals surface area contributed by atoms with Crippen molar-refractivity contribution < 1.29 is 4.74 Å². The van der Waals surface area contributed by atoms with Crippen LogP contribution in [0.2, 0.25) is 0 Å². The molecule has 1 unspecified atom stereocenters. The largest absolute Gasteiger partial charge is 0.495 e. The van der Waals surface area contributed by atoms with Crippen LogP contribution >= 0.6 is 0 Å². The Hall–Kier alpha value is -1.87. The smallest absolute Gasteiger partial charge is 0.137 e. The Kier molecular flexibility index (Phi) is 2.99. The fraction of sp³-hybridized carbons (Fsp3) is 0.267. The summed E-state index contributed by atoms with van der Waals surface area (Å²) in [6.07, 6.45) is 4.73. The molecule has 0 aliphatic carbocycles. The first-order chi connectivity index (χ1) is 8.88. The lowest BCUT2D eigenvalue weighted by Gasteiger charge is -2.27. The van der Waals surface area contributed by atoms with Gasteiger partial charge in [0.25, 0.3) is 0 Å². The first-order valence-electron chi connectivity index (χ1n) is 6.18. The number of aromatic nitrogens is 1. The van der Waals surface area contributed by atoms with Gasteiger partial charge in [0.1, 0.15) is 5.75 Å². The van der Waals surface area contributed by atoms with E-state index in [1.807, 2.05) is 12.3 Å². The van der Waals surface area contributed by atoms with E-state index in [4.69, 9.17) is 4.74 Å². The molecule has 3 heteroatoms. The summed E-state index contributed by atoms with van der Waals surface area (Å²) in [5, 5.41) is 3.55. The molecule has 0 radical (unpaired) electrons. The lowest BCUT2D eigenvalue weighted by Crippen LogP contribution is -2.30. The van der Waals surface area contributed by atoms with Gasteiger partial charge in [0, 0.05) is 12.7 Å². The molecule has 0 amide bonds. The van der Waals surface area contributed by atoms with E-state index in [9.17, 15) is 0 Å². The normalized spacial score (nSPS) is 18.2. The predicted octanol–water partition coefficient (Wildman–Crippen LogP) is 2.33. The quantitative estimate of drug-likeness (QED) is 0.874. The van der Waals surface area contributed by atoms with Gasteiger partial charge in [0.2, 0.25) is 0 Å². The molecular weight excluding hydrogens is 224 g/mol. The molecule has 2 heterocycles. The predicted molar refractivity (Wildman–Crippen MR) is 70.8 cm³/mol. The Morgan fingerprint density at radius 1 is 1.28 bits per heavy atom. The SMILES string of the molecule is COc1cncc(C2NCCc3ccccc32)c1. The summed E-state index contributed by atoms with van der Waals surface area (Å²) in [5.74, 6) is 0.803. The van der Waals surface area contributed by atoms with Gasteiger partial charge in [-0.1, -0.05) is 24.3 Å². The molecule has 1 N–H and O–H groups in total.